The summed E-state index contributed by atoms with van der Waals surface area (Å²) >= 11 is 0. The quantitative estimate of drug-likeness (QED) is 0.521. The molecule has 0 unspecified atom stereocenters. The molecule has 2 aliphatic rings. The van der Waals surface area contributed by atoms with Crippen LogP contribution in [0.1, 0.15) is 25.7 Å². The highest BCUT2D eigenvalue weighted by Gasteiger charge is 2.42. The van der Waals surface area contributed by atoms with Crippen LogP contribution in [0.25, 0.3) is 0 Å². The highest BCUT2D eigenvalue weighted by Crippen LogP contribution is 2.46. The average Bonchev–Trinajstić information content (AvgIpc) is 1.87. The molecule has 2 rings (SSSR count). The molecule has 1 heterocycles. The van der Waals surface area contributed by atoms with Crippen molar-refractivity contribution in [1.82, 2.24) is 5.32 Å². The van der Waals surface area contributed by atoms with Gasteiger partial charge in [0.25, 0.3) is 0 Å². The molecule has 10 heavy (non-hydrogen) atoms. The predicted octanol–water partition coefficient (Wildman–Crippen LogP) is 0.492. The summed E-state index contributed by atoms with van der Waals surface area (Å²) in [7, 11) is 0. The minimum absolute atomic E-state index is 0.512. The zero-order valence-corrected chi connectivity index (χ0v) is 6.34. The molecule has 2 nitrogen and oxygen atoms in total. The van der Waals surface area contributed by atoms with Gasteiger partial charge in [-0.3, -0.25) is 0 Å². The van der Waals surface area contributed by atoms with Crippen LogP contribution in [0, 0.1) is 5.41 Å². The lowest BCUT2D eigenvalue weighted by atomic mass is 9.61. The van der Waals surface area contributed by atoms with E-state index in [1.54, 1.807) is 0 Å². The SMILES string of the molecule is NC1CC2(CC[N]CC2)C1. The van der Waals surface area contributed by atoms with Gasteiger partial charge in [-0.05, 0) is 31.1 Å². The van der Waals surface area contributed by atoms with E-state index < -0.39 is 0 Å². The van der Waals surface area contributed by atoms with Gasteiger partial charge in [-0.2, -0.15) is 0 Å². The van der Waals surface area contributed by atoms with Gasteiger partial charge in [0.15, 0.2) is 0 Å². The van der Waals surface area contributed by atoms with Crippen LogP contribution in [0.3, 0.4) is 0 Å². The first-order valence-corrected chi connectivity index (χ1v) is 4.20. The van der Waals surface area contributed by atoms with Gasteiger partial charge < -0.3 is 5.73 Å². The summed E-state index contributed by atoms with van der Waals surface area (Å²) in [4.78, 5) is 0. The van der Waals surface area contributed by atoms with E-state index in [9.17, 15) is 0 Å². The summed E-state index contributed by atoms with van der Waals surface area (Å²) in [5.41, 5.74) is 6.41. The summed E-state index contributed by atoms with van der Waals surface area (Å²) in [6.45, 7) is 2.18. The fourth-order valence-electron chi connectivity index (χ4n) is 2.33. The van der Waals surface area contributed by atoms with Crippen LogP contribution in [-0.2, 0) is 0 Å². The third-order valence-electron chi connectivity index (χ3n) is 2.99. The molecule has 1 radical (unpaired) electrons. The third kappa shape index (κ3) is 0.956. The van der Waals surface area contributed by atoms with E-state index in [4.69, 9.17) is 5.73 Å². The standard InChI is InChI=1S/C8H15N2/c9-7-5-8(6-7)1-3-10-4-2-8/h7H,1-6,9H2. The fraction of sp³-hybridized carbons (Fsp3) is 1.00. The van der Waals surface area contributed by atoms with Crippen LogP contribution in [0.15, 0.2) is 0 Å². The Kier molecular flexibility index (Phi) is 1.46. The minimum Gasteiger partial charge on any atom is -0.328 e. The second-order valence-electron chi connectivity index (χ2n) is 3.84. The highest BCUT2D eigenvalue weighted by molar-refractivity contribution is 4.98. The van der Waals surface area contributed by atoms with Crippen LogP contribution < -0.4 is 11.1 Å². The zero-order valence-electron chi connectivity index (χ0n) is 6.34. The van der Waals surface area contributed by atoms with E-state index in [1.165, 1.54) is 25.7 Å². The van der Waals surface area contributed by atoms with Gasteiger partial charge in [-0.1, -0.05) is 0 Å². The summed E-state index contributed by atoms with van der Waals surface area (Å²) < 4.78 is 0. The first-order chi connectivity index (χ1) is 4.81. The van der Waals surface area contributed by atoms with E-state index in [0.717, 1.165) is 13.1 Å². The highest BCUT2D eigenvalue weighted by atomic mass is 14.9. The third-order valence-corrected chi connectivity index (χ3v) is 2.99. The van der Waals surface area contributed by atoms with Gasteiger partial charge >= 0.3 is 0 Å². The molecular weight excluding hydrogens is 124 g/mol. The molecule has 0 amide bonds. The number of nitrogens with zero attached hydrogens (tertiary/aromatic N) is 1. The number of nitrogens with two attached hydrogens (primary N) is 1. The summed E-state index contributed by atoms with van der Waals surface area (Å²) in [5.74, 6) is 0. The van der Waals surface area contributed by atoms with E-state index in [1.807, 2.05) is 0 Å². The Labute approximate surface area is 62.2 Å². The molecular formula is C8H15N2. The molecule has 0 aromatic carbocycles. The van der Waals surface area contributed by atoms with Crippen LogP contribution in [0.4, 0.5) is 0 Å². The lowest BCUT2D eigenvalue weighted by molar-refractivity contribution is 0.0624. The molecule has 0 atom stereocenters. The van der Waals surface area contributed by atoms with Crippen molar-refractivity contribution in [2.45, 2.75) is 31.7 Å². The van der Waals surface area contributed by atoms with Gasteiger partial charge in [-0.15, -0.1) is 0 Å². The normalized spacial score (nSPS) is 32.1. The van der Waals surface area contributed by atoms with Crippen molar-refractivity contribution >= 4 is 0 Å². The Morgan fingerprint density at radius 1 is 1.20 bits per heavy atom. The van der Waals surface area contributed by atoms with Crippen molar-refractivity contribution in [2.24, 2.45) is 11.1 Å². The van der Waals surface area contributed by atoms with Crippen molar-refractivity contribution in [2.75, 3.05) is 13.1 Å². The summed E-state index contributed by atoms with van der Waals surface area (Å²) in [6.07, 6.45) is 5.15. The molecule has 2 fully saturated rings. The van der Waals surface area contributed by atoms with Gasteiger partial charge in [0.05, 0.1) is 0 Å². The Balaban J connectivity index is 1.90. The van der Waals surface area contributed by atoms with Gasteiger partial charge in [0.1, 0.15) is 0 Å². The summed E-state index contributed by atoms with van der Waals surface area (Å²) in [6, 6.07) is 0.512. The molecule has 1 spiro atoms. The van der Waals surface area contributed by atoms with Crippen molar-refractivity contribution < 1.29 is 0 Å². The number of hydrogen-bond donors (Lipinski definition) is 1. The minimum atomic E-state index is 0.512. The Morgan fingerprint density at radius 2 is 1.80 bits per heavy atom. The first kappa shape index (κ1) is 6.62. The van der Waals surface area contributed by atoms with Gasteiger partial charge in [0.2, 0.25) is 0 Å². The first-order valence-electron chi connectivity index (χ1n) is 4.20. The zero-order chi connectivity index (χ0) is 7.03. The Morgan fingerprint density at radius 3 is 2.30 bits per heavy atom. The predicted molar refractivity (Wildman–Crippen MR) is 40.7 cm³/mol. The van der Waals surface area contributed by atoms with Crippen LogP contribution in [0.2, 0.25) is 0 Å². The molecule has 0 bridgehead atoms. The van der Waals surface area contributed by atoms with Gasteiger partial charge in [-0.25, -0.2) is 5.32 Å². The molecule has 1 aliphatic carbocycles. The van der Waals surface area contributed by atoms with E-state index in [0.29, 0.717) is 11.5 Å². The molecule has 2 heteroatoms. The topological polar surface area (TPSA) is 40.1 Å². The molecule has 1 aliphatic heterocycles. The van der Waals surface area contributed by atoms with Crippen molar-refractivity contribution in [3.05, 3.63) is 0 Å². The molecule has 1 saturated heterocycles. The second-order valence-corrected chi connectivity index (χ2v) is 3.84. The van der Waals surface area contributed by atoms with Crippen LogP contribution >= 0.6 is 0 Å². The smallest absolute Gasteiger partial charge is 0.0138 e. The van der Waals surface area contributed by atoms with Crippen molar-refractivity contribution in [3.63, 3.8) is 0 Å². The summed E-state index contributed by atoms with van der Waals surface area (Å²) in [5, 5.41) is 4.34. The van der Waals surface area contributed by atoms with Crippen molar-refractivity contribution in [3.8, 4) is 0 Å². The van der Waals surface area contributed by atoms with E-state index in [2.05, 4.69) is 5.32 Å². The van der Waals surface area contributed by atoms with Crippen LogP contribution in [-0.4, -0.2) is 19.1 Å². The molecule has 0 aromatic heterocycles. The van der Waals surface area contributed by atoms with E-state index in [-0.39, 0.29) is 0 Å². The maximum Gasteiger partial charge on any atom is 0.0138 e. The number of piperidine rings is 1. The maximum absolute atomic E-state index is 5.75. The van der Waals surface area contributed by atoms with Crippen molar-refractivity contribution in [1.29, 1.82) is 0 Å². The average molecular weight is 139 g/mol. The second kappa shape index (κ2) is 2.21. The fourth-order valence-corrected chi connectivity index (χ4v) is 2.33. The van der Waals surface area contributed by atoms with E-state index >= 15 is 0 Å². The number of hydrogen-bond acceptors (Lipinski definition) is 1. The molecule has 0 aromatic rings. The maximum atomic E-state index is 5.75. The monoisotopic (exact) mass is 139 g/mol. The van der Waals surface area contributed by atoms with Gasteiger partial charge in [0, 0.05) is 19.1 Å². The Hall–Kier alpha value is -0.0800. The van der Waals surface area contributed by atoms with Crippen LogP contribution in [0.5, 0.6) is 0 Å². The Bertz CT molecular complexity index is 112. The number of rotatable bonds is 0. The molecule has 2 N–H and O–H groups in total. The largest absolute Gasteiger partial charge is 0.328 e. The molecule has 1 saturated carbocycles. The molecule has 57 valence electrons. The lowest BCUT2D eigenvalue weighted by Crippen LogP contribution is -2.49. The lowest BCUT2D eigenvalue weighted by Gasteiger charge is -2.48.